The summed E-state index contributed by atoms with van der Waals surface area (Å²) < 4.78 is 25.1. The minimum Gasteiger partial charge on any atom is -0.347 e. The first-order valence-corrected chi connectivity index (χ1v) is 10.7. The second-order valence-electron chi connectivity index (χ2n) is 7.05. The van der Waals surface area contributed by atoms with Crippen molar-refractivity contribution < 1.29 is 13.2 Å². The number of nitrogens with zero attached hydrogens (tertiary/aromatic N) is 5. The number of amides is 1. The fourth-order valence-electron chi connectivity index (χ4n) is 3.03. The van der Waals surface area contributed by atoms with E-state index < -0.39 is 10.0 Å². The van der Waals surface area contributed by atoms with Crippen molar-refractivity contribution in [3.05, 3.63) is 17.5 Å². The van der Waals surface area contributed by atoms with Crippen LogP contribution in [0.15, 0.2) is 6.20 Å². The third kappa shape index (κ3) is 4.70. The number of anilines is 1. The highest BCUT2D eigenvalue weighted by Gasteiger charge is 2.33. The molecule has 0 aliphatic carbocycles. The maximum atomic E-state index is 12.9. The second-order valence-corrected chi connectivity index (χ2v) is 9.03. The lowest BCUT2D eigenvalue weighted by Gasteiger charge is -2.22. The average Bonchev–Trinajstić information content (AvgIpc) is 3.08. The Morgan fingerprint density at radius 3 is 2.58 bits per heavy atom. The number of hydrogen-bond acceptors (Lipinski definition) is 6. The summed E-state index contributed by atoms with van der Waals surface area (Å²) in [5.74, 6) is 0.298. The minimum absolute atomic E-state index is 0.107. The van der Waals surface area contributed by atoms with Crippen LogP contribution in [0.4, 0.5) is 5.95 Å². The molecule has 0 spiro atoms. The van der Waals surface area contributed by atoms with Crippen molar-refractivity contribution in [2.24, 2.45) is 0 Å². The number of unbranched alkanes of at least 4 members (excludes halogenated alkanes) is 1. The molecule has 0 bridgehead atoms. The smallest absolute Gasteiger partial charge is 0.257 e. The zero-order valence-electron chi connectivity index (χ0n) is 16.3. The number of rotatable bonds is 7. The van der Waals surface area contributed by atoms with Crippen LogP contribution in [-0.2, 0) is 10.0 Å². The zero-order chi connectivity index (χ0) is 19.5. The van der Waals surface area contributed by atoms with Crippen molar-refractivity contribution in [2.75, 3.05) is 51.9 Å². The van der Waals surface area contributed by atoms with Gasteiger partial charge in [0.15, 0.2) is 0 Å². The standard InChI is InChI=1S/C17H29N5O3S/c1-6-7-9-21(4)16(23)14-11-18-17(20(2)3)19-15(14)13-8-10-22(12-13)26(5,24)25/h11,13H,6-10,12H2,1-5H3. The van der Waals surface area contributed by atoms with Gasteiger partial charge in [0.1, 0.15) is 0 Å². The molecular formula is C17H29N5O3S. The Bertz CT molecular complexity index is 751. The van der Waals surface area contributed by atoms with E-state index in [-0.39, 0.29) is 11.8 Å². The van der Waals surface area contributed by atoms with Crippen LogP contribution < -0.4 is 4.90 Å². The van der Waals surface area contributed by atoms with Crippen LogP contribution in [0, 0.1) is 0 Å². The molecule has 146 valence electrons. The van der Waals surface area contributed by atoms with Crippen molar-refractivity contribution in [1.29, 1.82) is 0 Å². The van der Waals surface area contributed by atoms with E-state index in [2.05, 4.69) is 16.9 Å². The fourth-order valence-corrected chi connectivity index (χ4v) is 3.92. The number of hydrogen-bond donors (Lipinski definition) is 0. The van der Waals surface area contributed by atoms with Crippen LogP contribution in [0.2, 0.25) is 0 Å². The average molecular weight is 384 g/mol. The van der Waals surface area contributed by atoms with E-state index in [4.69, 9.17) is 0 Å². The Labute approximate surface area is 156 Å². The summed E-state index contributed by atoms with van der Waals surface area (Å²) >= 11 is 0. The molecule has 2 heterocycles. The molecule has 1 aromatic heterocycles. The predicted molar refractivity (Wildman–Crippen MR) is 102 cm³/mol. The first kappa shape index (κ1) is 20.6. The SMILES string of the molecule is CCCCN(C)C(=O)c1cnc(N(C)C)nc1C1CCN(S(C)(=O)=O)C1. The molecule has 1 aliphatic heterocycles. The largest absolute Gasteiger partial charge is 0.347 e. The van der Waals surface area contributed by atoms with Gasteiger partial charge in [-0.3, -0.25) is 4.79 Å². The van der Waals surface area contributed by atoms with Gasteiger partial charge in [-0.1, -0.05) is 13.3 Å². The van der Waals surface area contributed by atoms with E-state index in [9.17, 15) is 13.2 Å². The van der Waals surface area contributed by atoms with Crippen molar-refractivity contribution in [3.8, 4) is 0 Å². The highest BCUT2D eigenvalue weighted by atomic mass is 32.2. The molecule has 0 radical (unpaired) electrons. The first-order valence-electron chi connectivity index (χ1n) is 8.90. The summed E-state index contributed by atoms with van der Waals surface area (Å²) in [5, 5.41) is 0. The van der Waals surface area contributed by atoms with Crippen LogP contribution in [0.25, 0.3) is 0 Å². The minimum atomic E-state index is -3.25. The molecule has 9 heteroatoms. The molecule has 0 saturated carbocycles. The lowest BCUT2D eigenvalue weighted by atomic mass is 9.99. The van der Waals surface area contributed by atoms with Gasteiger partial charge in [0.2, 0.25) is 16.0 Å². The number of sulfonamides is 1. The van der Waals surface area contributed by atoms with Gasteiger partial charge in [-0.05, 0) is 12.8 Å². The topological polar surface area (TPSA) is 86.7 Å². The summed E-state index contributed by atoms with van der Waals surface area (Å²) in [7, 11) is 2.21. The third-order valence-electron chi connectivity index (χ3n) is 4.64. The van der Waals surface area contributed by atoms with Crippen molar-refractivity contribution in [2.45, 2.75) is 32.1 Å². The van der Waals surface area contributed by atoms with Crippen LogP contribution in [0.5, 0.6) is 0 Å². The van der Waals surface area contributed by atoms with Crippen LogP contribution in [0.1, 0.15) is 48.2 Å². The van der Waals surface area contributed by atoms with Gasteiger partial charge in [0, 0.05) is 52.9 Å². The van der Waals surface area contributed by atoms with E-state index in [1.54, 1.807) is 23.0 Å². The molecule has 1 aliphatic rings. The number of carbonyl (C=O) groups is 1. The molecule has 1 atom stereocenters. The number of aromatic nitrogens is 2. The van der Waals surface area contributed by atoms with E-state index in [1.807, 2.05) is 14.1 Å². The molecule has 26 heavy (non-hydrogen) atoms. The zero-order valence-corrected chi connectivity index (χ0v) is 17.1. The summed E-state index contributed by atoms with van der Waals surface area (Å²) in [5.41, 5.74) is 1.11. The van der Waals surface area contributed by atoms with Gasteiger partial charge in [-0.2, -0.15) is 0 Å². The monoisotopic (exact) mass is 383 g/mol. The van der Waals surface area contributed by atoms with Crippen molar-refractivity contribution in [3.63, 3.8) is 0 Å². The summed E-state index contributed by atoms with van der Waals surface area (Å²) in [4.78, 5) is 25.3. The molecule has 0 N–H and O–H groups in total. The van der Waals surface area contributed by atoms with Crippen LogP contribution in [0.3, 0.4) is 0 Å². The molecule has 1 fully saturated rings. The molecule has 0 aromatic carbocycles. The Hall–Kier alpha value is -1.74. The number of carbonyl (C=O) groups excluding carboxylic acids is 1. The lowest BCUT2D eigenvalue weighted by Crippen LogP contribution is -2.31. The van der Waals surface area contributed by atoms with Gasteiger partial charge in [-0.25, -0.2) is 22.7 Å². The van der Waals surface area contributed by atoms with E-state index in [1.165, 1.54) is 10.6 Å². The van der Waals surface area contributed by atoms with Gasteiger partial charge < -0.3 is 9.80 Å². The van der Waals surface area contributed by atoms with E-state index >= 15 is 0 Å². The third-order valence-corrected chi connectivity index (χ3v) is 5.91. The Balaban J connectivity index is 2.36. The molecule has 1 aromatic rings. The molecule has 8 nitrogen and oxygen atoms in total. The summed E-state index contributed by atoms with van der Waals surface area (Å²) in [6.45, 7) is 3.55. The van der Waals surface area contributed by atoms with Crippen molar-refractivity contribution in [1.82, 2.24) is 19.2 Å². The van der Waals surface area contributed by atoms with Gasteiger partial charge in [0.05, 0.1) is 17.5 Å². The van der Waals surface area contributed by atoms with Gasteiger partial charge in [-0.15, -0.1) is 0 Å². The van der Waals surface area contributed by atoms with Gasteiger partial charge in [0.25, 0.3) is 5.91 Å². The predicted octanol–water partition coefficient (Wildman–Crippen LogP) is 1.16. The Morgan fingerprint density at radius 1 is 1.35 bits per heavy atom. The highest BCUT2D eigenvalue weighted by molar-refractivity contribution is 7.88. The highest BCUT2D eigenvalue weighted by Crippen LogP contribution is 2.30. The molecule has 1 amide bonds. The summed E-state index contributed by atoms with van der Waals surface area (Å²) in [6, 6.07) is 0. The van der Waals surface area contributed by atoms with Gasteiger partial charge >= 0.3 is 0 Å². The molecule has 1 unspecified atom stereocenters. The maximum Gasteiger partial charge on any atom is 0.257 e. The molecule has 1 saturated heterocycles. The normalized spacial score (nSPS) is 18.1. The molecule has 2 rings (SSSR count). The first-order chi connectivity index (χ1) is 12.1. The second kappa shape index (κ2) is 8.30. The van der Waals surface area contributed by atoms with Crippen molar-refractivity contribution >= 4 is 21.9 Å². The maximum absolute atomic E-state index is 12.9. The van der Waals surface area contributed by atoms with Crippen LogP contribution in [-0.4, -0.2) is 80.5 Å². The van der Waals surface area contributed by atoms with E-state index in [0.717, 1.165) is 12.8 Å². The summed E-state index contributed by atoms with van der Waals surface area (Å²) in [6.07, 6.45) is 5.37. The Morgan fingerprint density at radius 2 is 2.04 bits per heavy atom. The van der Waals surface area contributed by atoms with Crippen LogP contribution >= 0.6 is 0 Å². The lowest BCUT2D eigenvalue weighted by molar-refractivity contribution is 0.0790. The van der Waals surface area contributed by atoms with E-state index in [0.29, 0.717) is 43.3 Å². The Kier molecular flexibility index (Phi) is 6.57. The quantitative estimate of drug-likeness (QED) is 0.702. The molecular weight excluding hydrogens is 354 g/mol. The fraction of sp³-hybridized carbons (Fsp3) is 0.706.